The molecule has 1 aromatic carbocycles. The van der Waals surface area contributed by atoms with Crippen molar-refractivity contribution in [3.8, 4) is 28.6 Å². The summed E-state index contributed by atoms with van der Waals surface area (Å²) in [5.74, 6) is -0.368. The van der Waals surface area contributed by atoms with Gasteiger partial charge in [0.1, 0.15) is 18.7 Å². The van der Waals surface area contributed by atoms with E-state index in [1.807, 2.05) is 0 Å². The number of carbonyl (C=O) groups is 1. The van der Waals surface area contributed by atoms with Crippen LogP contribution in [0.4, 0.5) is 4.39 Å². The fourth-order valence-corrected chi connectivity index (χ4v) is 3.66. The number of nitrogens with one attached hydrogen (secondary N) is 2. The van der Waals surface area contributed by atoms with E-state index in [4.69, 9.17) is 14.2 Å². The predicted octanol–water partition coefficient (Wildman–Crippen LogP) is 2.49. The molecular formula is C23H20FN5O5. The van der Waals surface area contributed by atoms with Crippen molar-refractivity contribution in [1.82, 2.24) is 24.9 Å². The molecule has 11 heteroatoms. The molecule has 4 heterocycles. The van der Waals surface area contributed by atoms with E-state index in [-0.39, 0.29) is 40.9 Å². The first kappa shape index (κ1) is 21.4. The molecule has 3 aromatic heterocycles. The number of rotatable bonds is 5. The molecule has 5 rings (SSSR count). The van der Waals surface area contributed by atoms with Gasteiger partial charge in [-0.15, -0.1) is 0 Å². The van der Waals surface area contributed by atoms with Gasteiger partial charge in [-0.2, -0.15) is 5.10 Å². The molecule has 2 N–H and O–H groups in total. The van der Waals surface area contributed by atoms with Crippen molar-refractivity contribution in [3.63, 3.8) is 0 Å². The van der Waals surface area contributed by atoms with Crippen LogP contribution in [0.1, 0.15) is 29.0 Å². The van der Waals surface area contributed by atoms with Crippen LogP contribution in [0.3, 0.4) is 0 Å². The number of aromatic amines is 1. The molecule has 0 spiro atoms. The normalized spacial score (nSPS) is 13.5. The quantitative estimate of drug-likeness (QED) is 0.465. The zero-order valence-electron chi connectivity index (χ0n) is 18.3. The summed E-state index contributed by atoms with van der Waals surface area (Å²) >= 11 is 0. The van der Waals surface area contributed by atoms with Gasteiger partial charge >= 0.3 is 0 Å². The highest BCUT2D eigenvalue weighted by atomic mass is 19.1. The molecule has 10 nitrogen and oxygen atoms in total. The Morgan fingerprint density at radius 1 is 1.26 bits per heavy atom. The minimum Gasteiger partial charge on any atom is -0.486 e. The lowest BCUT2D eigenvalue weighted by Crippen LogP contribution is -2.27. The van der Waals surface area contributed by atoms with Gasteiger partial charge in [0, 0.05) is 23.9 Å². The molecular weight excluding hydrogens is 445 g/mol. The number of methoxy groups -OCH3 is 1. The van der Waals surface area contributed by atoms with Crippen LogP contribution >= 0.6 is 0 Å². The predicted molar refractivity (Wildman–Crippen MR) is 119 cm³/mol. The summed E-state index contributed by atoms with van der Waals surface area (Å²) in [4.78, 5) is 32.2. The third-order valence-electron chi connectivity index (χ3n) is 5.46. The molecule has 1 aliphatic rings. The zero-order valence-corrected chi connectivity index (χ0v) is 18.3. The Labute approximate surface area is 192 Å². The summed E-state index contributed by atoms with van der Waals surface area (Å²) in [6.07, 6.45) is 3.05. The van der Waals surface area contributed by atoms with Gasteiger partial charge in [0.2, 0.25) is 5.88 Å². The lowest BCUT2D eigenvalue weighted by Gasteiger charge is -2.19. The van der Waals surface area contributed by atoms with Gasteiger partial charge in [0.25, 0.3) is 11.5 Å². The van der Waals surface area contributed by atoms with Crippen LogP contribution in [-0.4, -0.2) is 45.8 Å². The first-order chi connectivity index (χ1) is 16.4. The average molecular weight is 465 g/mol. The van der Waals surface area contributed by atoms with Crippen LogP contribution < -0.4 is 25.1 Å². The highest BCUT2D eigenvalue weighted by molar-refractivity contribution is 5.93. The van der Waals surface area contributed by atoms with Crippen molar-refractivity contribution in [2.45, 2.75) is 13.0 Å². The van der Waals surface area contributed by atoms with Crippen molar-refractivity contribution in [3.05, 3.63) is 70.2 Å². The van der Waals surface area contributed by atoms with Crippen molar-refractivity contribution < 1.29 is 23.4 Å². The van der Waals surface area contributed by atoms with Crippen LogP contribution in [0.5, 0.6) is 17.4 Å². The number of nitrogens with zero attached hydrogens (tertiary/aromatic N) is 3. The lowest BCUT2D eigenvalue weighted by atomic mass is 10.1. The van der Waals surface area contributed by atoms with E-state index in [1.165, 1.54) is 30.0 Å². The maximum atomic E-state index is 15.0. The number of carbonyl (C=O) groups excluding carboxylic acids is 1. The number of hydrogen-bond donors (Lipinski definition) is 2. The second-order valence-electron chi connectivity index (χ2n) is 7.64. The molecule has 0 aliphatic carbocycles. The molecule has 0 radical (unpaired) electrons. The Bertz CT molecular complexity index is 1450. The minimum absolute atomic E-state index is 0.00719. The smallest absolute Gasteiger partial charge is 0.274 e. The molecule has 34 heavy (non-hydrogen) atoms. The Kier molecular flexibility index (Phi) is 5.36. The van der Waals surface area contributed by atoms with Gasteiger partial charge in [-0.1, -0.05) is 6.07 Å². The number of ether oxygens (including phenoxy) is 3. The third-order valence-corrected chi connectivity index (χ3v) is 5.46. The number of pyridine rings is 1. The Balaban J connectivity index is 1.43. The van der Waals surface area contributed by atoms with Crippen LogP contribution in [-0.2, 0) is 0 Å². The van der Waals surface area contributed by atoms with E-state index in [9.17, 15) is 9.59 Å². The number of H-pyrrole nitrogens is 1. The third kappa shape index (κ3) is 3.81. The first-order valence-electron chi connectivity index (χ1n) is 10.5. The molecule has 0 saturated heterocycles. The molecule has 0 bridgehead atoms. The Morgan fingerprint density at radius 2 is 2.09 bits per heavy atom. The van der Waals surface area contributed by atoms with Crippen LogP contribution in [0, 0.1) is 5.82 Å². The van der Waals surface area contributed by atoms with Gasteiger partial charge < -0.3 is 24.5 Å². The average Bonchev–Trinajstić information content (AvgIpc) is 3.29. The summed E-state index contributed by atoms with van der Waals surface area (Å²) in [5.41, 5.74) is 0.729. The lowest BCUT2D eigenvalue weighted by molar-refractivity contribution is 0.0934. The molecule has 0 saturated carbocycles. The van der Waals surface area contributed by atoms with E-state index in [0.717, 1.165) is 5.56 Å². The van der Waals surface area contributed by atoms with E-state index in [1.54, 1.807) is 31.3 Å². The number of halogens is 1. The second-order valence-corrected chi connectivity index (χ2v) is 7.64. The highest BCUT2D eigenvalue weighted by Gasteiger charge is 2.22. The largest absolute Gasteiger partial charge is 0.486 e. The van der Waals surface area contributed by atoms with Crippen LogP contribution in [0.2, 0.25) is 0 Å². The Hall–Kier alpha value is -4.41. The fraction of sp³-hybridized carbons (Fsp3) is 0.217. The van der Waals surface area contributed by atoms with Crippen LogP contribution in [0.25, 0.3) is 16.8 Å². The molecule has 1 amide bonds. The number of hydrogen-bond acceptors (Lipinski definition) is 7. The number of amides is 1. The summed E-state index contributed by atoms with van der Waals surface area (Å²) in [6, 6.07) is 7.56. The van der Waals surface area contributed by atoms with Gasteiger partial charge in [-0.25, -0.2) is 13.9 Å². The van der Waals surface area contributed by atoms with Gasteiger partial charge in [-0.3, -0.25) is 9.59 Å². The van der Waals surface area contributed by atoms with Crippen molar-refractivity contribution >= 4 is 11.4 Å². The van der Waals surface area contributed by atoms with E-state index in [0.29, 0.717) is 18.2 Å². The maximum absolute atomic E-state index is 15.0. The highest BCUT2D eigenvalue weighted by Crippen LogP contribution is 2.37. The van der Waals surface area contributed by atoms with Crippen LogP contribution in [0.15, 0.2) is 47.5 Å². The van der Waals surface area contributed by atoms with E-state index in [2.05, 4.69) is 20.4 Å². The van der Waals surface area contributed by atoms with Gasteiger partial charge in [0.15, 0.2) is 23.0 Å². The van der Waals surface area contributed by atoms with Crippen molar-refractivity contribution in [2.75, 3.05) is 20.3 Å². The molecule has 1 aliphatic heterocycles. The molecule has 0 fully saturated rings. The topological polar surface area (TPSA) is 120 Å². The summed E-state index contributed by atoms with van der Waals surface area (Å²) in [6.45, 7) is 2.36. The van der Waals surface area contributed by atoms with Crippen molar-refractivity contribution in [1.29, 1.82) is 0 Å². The zero-order chi connectivity index (χ0) is 23.8. The summed E-state index contributed by atoms with van der Waals surface area (Å²) in [7, 11) is 1.52. The first-order valence-corrected chi connectivity index (χ1v) is 10.5. The molecule has 0 unspecified atom stereocenters. The maximum Gasteiger partial charge on any atom is 0.274 e. The van der Waals surface area contributed by atoms with Gasteiger partial charge in [-0.05, 0) is 24.6 Å². The van der Waals surface area contributed by atoms with E-state index < -0.39 is 17.3 Å². The minimum atomic E-state index is -0.653. The second kappa shape index (κ2) is 8.50. The summed E-state index contributed by atoms with van der Waals surface area (Å²) < 4.78 is 32.1. The SMILES string of the molecule is COc1ccc([C@@H](C)NC(=O)c2cc3c(=O)[nH]c(-c4ccc5c(c4F)OCCO5)cn3n2)cn1. The Morgan fingerprint density at radius 3 is 2.85 bits per heavy atom. The molecule has 4 aromatic rings. The standard InChI is InChI=1S/C23H20FN5O5/c1-12(13-3-6-19(32-2)25-10-13)26-22(30)15-9-17-23(31)27-16(11-29(17)28-15)14-4-5-18-21(20(14)24)34-8-7-33-18/h3-6,9-12H,7-8H2,1-2H3,(H,26,30)(H,27,31)/t12-/m1/s1. The molecule has 174 valence electrons. The number of benzene rings is 1. The fourth-order valence-electron chi connectivity index (χ4n) is 3.66. The number of fused-ring (bicyclic) bond motifs is 2. The van der Waals surface area contributed by atoms with Gasteiger partial charge in [0.05, 0.1) is 25.0 Å². The number of aromatic nitrogens is 4. The monoisotopic (exact) mass is 465 g/mol. The summed E-state index contributed by atoms with van der Waals surface area (Å²) in [5, 5.41) is 7.04. The molecule has 1 atom stereocenters. The van der Waals surface area contributed by atoms with E-state index >= 15 is 4.39 Å². The van der Waals surface area contributed by atoms with Crippen molar-refractivity contribution in [2.24, 2.45) is 0 Å².